The third kappa shape index (κ3) is 5.73. The van der Waals surface area contributed by atoms with E-state index in [2.05, 4.69) is 69.0 Å². The van der Waals surface area contributed by atoms with Crippen LogP contribution in [0.3, 0.4) is 0 Å². The smallest absolute Gasteiger partial charge is 0.191 e. The number of aliphatic imine (C=N–C) groups is 1. The molecule has 0 amide bonds. The molecule has 2 N–H and O–H groups in total. The van der Waals surface area contributed by atoms with Crippen LogP contribution in [0.1, 0.15) is 32.5 Å². The fourth-order valence-electron chi connectivity index (χ4n) is 3.22. The Morgan fingerprint density at radius 2 is 1.92 bits per heavy atom. The van der Waals surface area contributed by atoms with Gasteiger partial charge in [-0.3, -0.25) is 4.99 Å². The van der Waals surface area contributed by atoms with Gasteiger partial charge >= 0.3 is 0 Å². The molecule has 6 heteroatoms. The van der Waals surface area contributed by atoms with Crippen molar-refractivity contribution in [1.82, 2.24) is 25.1 Å². The van der Waals surface area contributed by atoms with Gasteiger partial charge in [-0.05, 0) is 45.0 Å². The van der Waals surface area contributed by atoms with Crippen LogP contribution in [0.25, 0.3) is 11.0 Å². The molecule has 6 nitrogen and oxygen atoms in total. The van der Waals surface area contributed by atoms with Crippen LogP contribution in [0.5, 0.6) is 0 Å². The molecule has 1 aromatic carbocycles. The van der Waals surface area contributed by atoms with Gasteiger partial charge < -0.3 is 20.1 Å². The first-order valence-electron chi connectivity index (χ1n) is 9.78. The standard InChI is InChI=1S/C20H34N6/c1-5-14-25(6-2)16-13-23-20(21-4)22-12-9-15-26-17(3)24-18-10-7-8-11-19(18)26/h7-8,10-11H,5-6,9,12-16H2,1-4H3,(H2,21,22,23). The Bertz CT molecular complexity index is 691. The van der Waals surface area contributed by atoms with Crippen LogP contribution in [0.15, 0.2) is 29.3 Å². The lowest BCUT2D eigenvalue weighted by Gasteiger charge is -2.20. The van der Waals surface area contributed by atoms with E-state index >= 15 is 0 Å². The SMILES string of the molecule is CCCN(CC)CCNC(=NC)NCCCn1c(C)nc2ccccc21. The van der Waals surface area contributed by atoms with Gasteiger partial charge in [0.15, 0.2) is 5.96 Å². The van der Waals surface area contributed by atoms with E-state index in [0.717, 1.165) is 63.0 Å². The highest BCUT2D eigenvalue weighted by Crippen LogP contribution is 2.15. The number of hydrogen-bond acceptors (Lipinski definition) is 3. The Labute approximate surface area is 157 Å². The summed E-state index contributed by atoms with van der Waals surface area (Å²) in [6.07, 6.45) is 2.22. The number of nitrogens with zero attached hydrogens (tertiary/aromatic N) is 4. The van der Waals surface area contributed by atoms with Crippen molar-refractivity contribution in [2.45, 2.75) is 40.2 Å². The van der Waals surface area contributed by atoms with E-state index in [1.165, 1.54) is 11.9 Å². The molecule has 144 valence electrons. The first-order valence-corrected chi connectivity index (χ1v) is 9.78. The van der Waals surface area contributed by atoms with E-state index in [0.29, 0.717) is 0 Å². The zero-order chi connectivity index (χ0) is 18.8. The van der Waals surface area contributed by atoms with Crippen molar-refractivity contribution in [2.24, 2.45) is 4.99 Å². The van der Waals surface area contributed by atoms with Gasteiger partial charge in [-0.2, -0.15) is 0 Å². The maximum absolute atomic E-state index is 4.63. The fraction of sp³-hybridized carbons (Fsp3) is 0.600. The number of aromatic nitrogens is 2. The van der Waals surface area contributed by atoms with E-state index in [1.807, 2.05) is 13.1 Å². The minimum Gasteiger partial charge on any atom is -0.356 e. The van der Waals surface area contributed by atoms with Crippen LogP contribution in [0.2, 0.25) is 0 Å². The molecule has 1 heterocycles. The quantitative estimate of drug-likeness (QED) is 0.389. The van der Waals surface area contributed by atoms with E-state index in [9.17, 15) is 0 Å². The number of fused-ring (bicyclic) bond motifs is 1. The minimum atomic E-state index is 0.879. The molecule has 0 bridgehead atoms. The summed E-state index contributed by atoms with van der Waals surface area (Å²) in [5, 5.41) is 6.82. The summed E-state index contributed by atoms with van der Waals surface area (Å²) in [4.78, 5) is 11.4. The summed E-state index contributed by atoms with van der Waals surface area (Å²) < 4.78 is 2.29. The molecule has 2 rings (SSSR count). The number of aryl methyl sites for hydroxylation is 2. The van der Waals surface area contributed by atoms with Crippen molar-refractivity contribution in [3.63, 3.8) is 0 Å². The number of para-hydroxylation sites is 2. The molecule has 0 unspecified atom stereocenters. The fourth-order valence-corrected chi connectivity index (χ4v) is 3.22. The molecule has 0 spiro atoms. The summed E-state index contributed by atoms with van der Waals surface area (Å²) in [5.74, 6) is 1.95. The highest BCUT2D eigenvalue weighted by molar-refractivity contribution is 5.79. The molecule has 0 aliphatic heterocycles. The van der Waals surface area contributed by atoms with Gasteiger partial charge in [0, 0.05) is 33.2 Å². The molecule has 26 heavy (non-hydrogen) atoms. The highest BCUT2D eigenvalue weighted by atomic mass is 15.2. The molecular formula is C20H34N6. The number of hydrogen-bond donors (Lipinski definition) is 2. The first-order chi connectivity index (χ1) is 12.7. The van der Waals surface area contributed by atoms with Gasteiger partial charge in [0.2, 0.25) is 0 Å². The van der Waals surface area contributed by atoms with E-state index < -0.39 is 0 Å². The number of guanidine groups is 1. The average molecular weight is 359 g/mol. The normalized spacial score (nSPS) is 12.1. The molecule has 0 aliphatic rings. The summed E-state index contributed by atoms with van der Waals surface area (Å²) in [6.45, 7) is 12.6. The van der Waals surface area contributed by atoms with E-state index in [-0.39, 0.29) is 0 Å². The van der Waals surface area contributed by atoms with Crippen molar-refractivity contribution in [2.75, 3.05) is 39.8 Å². The van der Waals surface area contributed by atoms with Crippen molar-refractivity contribution in [3.05, 3.63) is 30.1 Å². The Kier molecular flexibility index (Phi) is 8.41. The number of imidazole rings is 1. The molecular weight excluding hydrogens is 324 g/mol. The Hall–Kier alpha value is -2.08. The van der Waals surface area contributed by atoms with Crippen molar-refractivity contribution >= 4 is 17.0 Å². The Morgan fingerprint density at radius 1 is 1.15 bits per heavy atom. The number of nitrogens with one attached hydrogen (secondary N) is 2. The highest BCUT2D eigenvalue weighted by Gasteiger charge is 2.06. The predicted octanol–water partition coefficient (Wildman–Crippen LogP) is 2.63. The van der Waals surface area contributed by atoms with Crippen LogP contribution in [-0.2, 0) is 6.54 Å². The molecule has 0 saturated heterocycles. The van der Waals surface area contributed by atoms with E-state index in [4.69, 9.17) is 0 Å². The zero-order valence-corrected chi connectivity index (χ0v) is 16.8. The van der Waals surface area contributed by atoms with Crippen LogP contribution >= 0.6 is 0 Å². The lowest BCUT2D eigenvalue weighted by atomic mass is 10.3. The predicted molar refractivity (Wildman–Crippen MR) is 111 cm³/mol. The Morgan fingerprint density at radius 3 is 2.65 bits per heavy atom. The molecule has 1 aromatic heterocycles. The maximum atomic E-state index is 4.63. The van der Waals surface area contributed by atoms with Gasteiger partial charge in [-0.25, -0.2) is 4.98 Å². The zero-order valence-electron chi connectivity index (χ0n) is 16.8. The summed E-state index contributed by atoms with van der Waals surface area (Å²) in [6, 6.07) is 8.32. The molecule has 0 radical (unpaired) electrons. The van der Waals surface area contributed by atoms with Crippen molar-refractivity contribution in [3.8, 4) is 0 Å². The largest absolute Gasteiger partial charge is 0.356 e. The van der Waals surface area contributed by atoms with Gasteiger partial charge in [-0.1, -0.05) is 26.0 Å². The number of benzene rings is 1. The summed E-state index contributed by atoms with van der Waals surface area (Å²) in [5.41, 5.74) is 2.28. The van der Waals surface area contributed by atoms with Crippen molar-refractivity contribution in [1.29, 1.82) is 0 Å². The number of rotatable bonds is 10. The number of likely N-dealkylation sites (N-methyl/N-ethyl adjacent to an activating group) is 1. The maximum Gasteiger partial charge on any atom is 0.191 e. The summed E-state index contributed by atoms with van der Waals surface area (Å²) >= 11 is 0. The average Bonchev–Trinajstić information content (AvgIpc) is 2.98. The minimum absolute atomic E-state index is 0.879. The second kappa shape index (κ2) is 10.8. The van der Waals surface area contributed by atoms with Gasteiger partial charge in [0.05, 0.1) is 11.0 Å². The van der Waals surface area contributed by atoms with Crippen LogP contribution in [0, 0.1) is 6.92 Å². The molecule has 2 aromatic rings. The second-order valence-corrected chi connectivity index (χ2v) is 6.51. The van der Waals surface area contributed by atoms with E-state index in [1.54, 1.807) is 0 Å². The second-order valence-electron chi connectivity index (χ2n) is 6.51. The topological polar surface area (TPSA) is 57.5 Å². The van der Waals surface area contributed by atoms with Gasteiger partial charge in [0.1, 0.15) is 5.82 Å². The van der Waals surface area contributed by atoms with Gasteiger partial charge in [0.25, 0.3) is 0 Å². The van der Waals surface area contributed by atoms with Crippen LogP contribution in [-0.4, -0.2) is 60.2 Å². The van der Waals surface area contributed by atoms with Gasteiger partial charge in [-0.15, -0.1) is 0 Å². The first kappa shape index (κ1) is 20.2. The van der Waals surface area contributed by atoms with Crippen LogP contribution in [0.4, 0.5) is 0 Å². The molecule has 0 saturated carbocycles. The Balaban J connectivity index is 1.73. The summed E-state index contributed by atoms with van der Waals surface area (Å²) in [7, 11) is 1.83. The monoisotopic (exact) mass is 358 g/mol. The lowest BCUT2D eigenvalue weighted by Crippen LogP contribution is -2.42. The molecule has 0 aliphatic carbocycles. The molecule has 0 fully saturated rings. The third-order valence-electron chi connectivity index (χ3n) is 4.63. The van der Waals surface area contributed by atoms with Crippen molar-refractivity contribution < 1.29 is 0 Å². The third-order valence-corrected chi connectivity index (χ3v) is 4.63. The van der Waals surface area contributed by atoms with Crippen LogP contribution < -0.4 is 10.6 Å². The lowest BCUT2D eigenvalue weighted by molar-refractivity contribution is 0.293. The molecule has 0 atom stereocenters.